The predicted molar refractivity (Wildman–Crippen MR) is 56.8 cm³/mol. The molecule has 3 N–H and O–H groups in total. The Bertz CT molecular complexity index is 302. The Morgan fingerprint density at radius 1 is 1.50 bits per heavy atom. The summed E-state index contributed by atoms with van der Waals surface area (Å²) in [6.45, 7) is 5.50. The second-order valence-corrected chi connectivity index (χ2v) is 5.02. The molecule has 1 aliphatic heterocycles. The van der Waals surface area contributed by atoms with Gasteiger partial charge in [-0.05, 0) is 20.8 Å². The van der Waals surface area contributed by atoms with Gasteiger partial charge in [-0.25, -0.2) is 4.79 Å². The summed E-state index contributed by atoms with van der Waals surface area (Å²) < 4.78 is 5.19. The summed E-state index contributed by atoms with van der Waals surface area (Å²) in [7, 11) is 0. The zero-order valence-electron chi connectivity index (χ0n) is 9.82. The molecule has 0 spiro atoms. The number of nitrogens with zero attached hydrogens (tertiary/aromatic N) is 1. The van der Waals surface area contributed by atoms with E-state index in [0.29, 0.717) is 13.1 Å². The van der Waals surface area contributed by atoms with Crippen LogP contribution in [0, 0.1) is 0 Å². The van der Waals surface area contributed by atoms with E-state index in [9.17, 15) is 9.59 Å². The average Bonchev–Trinajstić information content (AvgIpc) is 2.07. The zero-order valence-corrected chi connectivity index (χ0v) is 9.82. The number of ether oxygens (including phenoxy) is 1. The van der Waals surface area contributed by atoms with Gasteiger partial charge in [-0.1, -0.05) is 0 Å². The maximum atomic E-state index is 11.7. The van der Waals surface area contributed by atoms with Crippen LogP contribution < -0.4 is 5.73 Å². The van der Waals surface area contributed by atoms with Crippen molar-refractivity contribution in [2.45, 2.75) is 31.9 Å². The number of carbonyl (C=O) groups excluding carboxylic acids is 1. The molecule has 1 aliphatic rings. The molecule has 0 aliphatic carbocycles. The number of amides is 1. The van der Waals surface area contributed by atoms with Gasteiger partial charge >= 0.3 is 5.97 Å². The molecular formula is C10H18N2O4. The second-order valence-electron chi connectivity index (χ2n) is 5.02. The number of rotatable bonds is 4. The average molecular weight is 230 g/mol. The first-order valence-corrected chi connectivity index (χ1v) is 5.08. The molecule has 0 aromatic heterocycles. The Morgan fingerprint density at radius 2 is 2.00 bits per heavy atom. The monoisotopic (exact) mass is 230 g/mol. The van der Waals surface area contributed by atoms with E-state index in [1.165, 1.54) is 0 Å². The molecule has 92 valence electrons. The minimum atomic E-state index is -1.01. The van der Waals surface area contributed by atoms with E-state index in [0.717, 1.165) is 0 Å². The van der Waals surface area contributed by atoms with Gasteiger partial charge in [-0.15, -0.1) is 0 Å². The van der Waals surface area contributed by atoms with Crippen molar-refractivity contribution in [3.05, 3.63) is 0 Å². The molecular weight excluding hydrogens is 212 g/mol. The number of hydrogen-bond acceptors (Lipinski definition) is 4. The van der Waals surface area contributed by atoms with E-state index in [-0.39, 0.29) is 12.5 Å². The molecule has 0 atom stereocenters. The lowest BCUT2D eigenvalue weighted by Gasteiger charge is -2.48. The molecule has 0 aromatic rings. The third kappa shape index (κ3) is 2.93. The van der Waals surface area contributed by atoms with Crippen molar-refractivity contribution in [1.29, 1.82) is 0 Å². The standard InChI is InChI=1S/C10H18N2O4/c1-9(2,11)8(15)12-5-10(3,6-12)16-4-7(13)14/h4-6,11H2,1-3H3,(H,13,14). The van der Waals surface area contributed by atoms with Crippen LogP contribution in [0.3, 0.4) is 0 Å². The van der Waals surface area contributed by atoms with Gasteiger partial charge in [0.1, 0.15) is 12.2 Å². The minimum absolute atomic E-state index is 0.149. The van der Waals surface area contributed by atoms with Crippen LogP contribution in [0.4, 0.5) is 0 Å². The van der Waals surface area contributed by atoms with Gasteiger partial charge in [0, 0.05) is 0 Å². The van der Waals surface area contributed by atoms with Crippen molar-refractivity contribution < 1.29 is 19.4 Å². The summed E-state index contributed by atoms with van der Waals surface area (Å²) in [5.41, 5.74) is 4.22. The fourth-order valence-electron chi connectivity index (χ4n) is 1.64. The fourth-order valence-corrected chi connectivity index (χ4v) is 1.64. The second kappa shape index (κ2) is 4.03. The van der Waals surface area contributed by atoms with Crippen molar-refractivity contribution in [3.8, 4) is 0 Å². The highest BCUT2D eigenvalue weighted by Crippen LogP contribution is 2.26. The van der Waals surface area contributed by atoms with Crippen LogP contribution in [0.15, 0.2) is 0 Å². The lowest BCUT2D eigenvalue weighted by Crippen LogP contribution is -2.67. The first kappa shape index (κ1) is 12.9. The third-order valence-corrected chi connectivity index (χ3v) is 2.43. The van der Waals surface area contributed by atoms with E-state index in [1.54, 1.807) is 25.7 Å². The number of carbonyl (C=O) groups is 2. The Morgan fingerprint density at radius 3 is 2.38 bits per heavy atom. The van der Waals surface area contributed by atoms with Crippen LogP contribution in [-0.2, 0) is 14.3 Å². The molecule has 1 amide bonds. The molecule has 0 unspecified atom stereocenters. The maximum Gasteiger partial charge on any atom is 0.329 e. The molecule has 0 radical (unpaired) electrons. The molecule has 0 aromatic carbocycles. The smallest absolute Gasteiger partial charge is 0.329 e. The predicted octanol–water partition coefficient (Wildman–Crippen LogP) is -0.574. The number of aliphatic carboxylic acids is 1. The molecule has 16 heavy (non-hydrogen) atoms. The van der Waals surface area contributed by atoms with Crippen LogP contribution in [-0.4, -0.2) is 52.7 Å². The van der Waals surface area contributed by atoms with E-state index < -0.39 is 17.1 Å². The summed E-state index contributed by atoms with van der Waals surface area (Å²) in [6, 6.07) is 0. The number of carboxylic acids is 1. The topological polar surface area (TPSA) is 92.9 Å². The zero-order chi connectivity index (χ0) is 12.6. The Kier molecular flexibility index (Phi) is 3.25. The molecule has 6 nitrogen and oxygen atoms in total. The molecule has 1 fully saturated rings. The molecule has 1 rings (SSSR count). The van der Waals surface area contributed by atoms with Crippen molar-refractivity contribution in [2.75, 3.05) is 19.7 Å². The molecule has 1 saturated heterocycles. The van der Waals surface area contributed by atoms with E-state index >= 15 is 0 Å². The van der Waals surface area contributed by atoms with Crippen molar-refractivity contribution in [2.24, 2.45) is 5.73 Å². The van der Waals surface area contributed by atoms with Gasteiger partial charge < -0.3 is 20.5 Å². The van der Waals surface area contributed by atoms with E-state index in [1.807, 2.05) is 0 Å². The van der Waals surface area contributed by atoms with Gasteiger partial charge in [0.05, 0.1) is 18.6 Å². The quantitative estimate of drug-likeness (QED) is 0.674. The van der Waals surface area contributed by atoms with Gasteiger partial charge in [0.15, 0.2) is 0 Å². The number of likely N-dealkylation sites (tertiary alicyclic amines) is 1. The van der Waals surface area contributed by atoms with Crippen LogP contribution in [0.5, 0.6) is 0 Å². The van der Waals surface area contributed by atoms with E-state index in [2.05, 4.69) is 0 Å². The molecule has 1 heterocycles. The van der Waals surface area contributed by atoms with Gasteiger partial charge in [0.25, 0.3) is 0 Å². The number of hydrogen-bond donors (Lipinski definition) is 2. The molecule has 6 heteroatoms. The Balaban J connectivity index is 2.42. The van der Waals surface area contributed by atoms with Crippen molar-refractivity contribution in [3.63, 3.8) is 0 Å². The molecule has 0 bridgehead atoms. The van der Waals surface area contributed by atoms with Gasteiger partial charge in [0.2, 0.25) is 5.91 Å². The van der Waals surface area contributed by atoms with Crippen LogP contribution in [0.1, 0.15) is 20.8 Å². The van der Waals surface area contributed by atoms with Crippen LogP contribution >= 0.6 is 0 Å². The van der Waals surface area contributed by atoms with Gasteiger partial charge in [-0.3, -0.25) is 4.79 Å². The minimum Gasteiger partial charge on any atom is -0.480 e. The number of nitrogens with two attached hydrogens (primary N) is 1. The Hall–Kier alpha value is -1.14. The highest BCUT2D eigenvalue weighted by molar-refractivity contribution is 5.86. The number of carboxylic acid groups (broad SMARTS) is 1. The van der Waals surface area contributed by atoms with E-state index in [4.69, 9.17) is 15.6 Å². The first-order valence-electron chi connectivity index (χ1n) is 5.08. The highest BCUT2D eigenvalue weighted by atomic mass is 16.5. The summed E-state index contributed by atoms with van der Waals surface area (Å²) >= 11 is 0. The normalized spacial score (nSPS) is 19.1. The summed E-state index contributed by atoms with van der Waals surface area (Å²) in [5.74, 6) is -1.16. The lowest BCUT2D eigenvalue weighted by atomic mass is 9.93. The third-order valence-electron chi connectivity index (χ3n) is 2.43. The summed E-state index contributed by atoms with van der Waals surface area (Å²) in [5, 5.41) is 8.48. The van der Waals surface area contributed by atoms with Crippen molar-refractivity contribution >= 4 is 11.9 Å². The highest BCUT2D eigenvalue weighted by Gasteiger charge is 2.45. The van der Waals surface area contributed by atoms with Crippen LogP contribution in [0.2, 0.25) is 0 Å². The van der Waals surface area contributed by atoms with Gasteiger partial charge in [-0.2, -0.15) is 0 Å². The fraction of sp³-hybridized carbons (Fsp3) is 0.800. The SMILES string of the molecule is CC1(OCC(=O)O)CN(C(=O)C(C)(C)N)C1. The molecule has 0 saturated carbocycles. The van der Waals surface area contributed by atoms with Crippen LogP contribution in [0.25, 0.3) is 0 Å². The summed E-state index contributed by atoms with van der Waals surface area (Å²) in [6.07, 6.45) is 0. The largest absolute Gasteiger partial charge is 0.480 e. The van der Waals surface area contributed by atoms with Crippen molar-refractivity contribution in [1.82, 2.24) is 4.90 Å². The maximum absolute atomic E-state index is 11.7. The first-order chi connectivity index (χ1) is 7.14. The Labute approximate surface area is 94.3 Å². The lowest BCUT2D eigenvalue weighted by molar-refractivity contribution is -0.175. The summed E-state index contributed by atoms with van der Waals surface area (Å²) in [4.78, 5) is 23.6.